The molecule has 2 aliphatic rings. The number of piperazine rings is 1. The first-order valence-electron chi connectivity index (χ1n) is 6.73. The highest BCUT2D eigenvalue weighted by Crippen LogP contribution is 2.05. The van der Waals surface area contributed by atoms with E-state index >= 15 is 0 Å². The van der Waals surface area contributed by atoms with Crippen LogP contribution in [0.4, 0.5) is 0 Å². The van der Waals surface area contributed by atoms with Crippen molar-refractivity contribution in [2.24, 2.45) is 0 Å². The van der Waals surface area contributed by atoms with E-state index < -0.39 is 0 Å². The Hall–Kier alpha value is -0.650. The van der Waals surface area contributed by atoms with Crippen LogP contribution in [0.5, 0.6) is 0 Å². The molecule has 0 aromatic heterocycles. The van der Waals surface area contributed by atoms with Gasteiger partial charge in [0.15, 0.2) is 0 Å². The van der Waals surface area contributed by atoms with Gasteiger partial charge in [0.2, 0.25) is 5.91 Å². The molecule has 1 unspecified atom stereocenters. The van der Waals surface area contributed by atoms with Gasteiger partial charge in [-0.1, -0.05) is 0 Å². The molecule has 0 aromatic rings. The van der Waals surface area contributed by atoms with Crippen molar-refractivity contribution in [3.8, 4) is 0 Å². The van der Waals surface area contributed by atoms with E-state index in [-0.39, 0.29) is 11.9 Å². The summed E-state index contributed by atoms with van der Waals surface area (Å²) in [6, 6.07) is 0.453. The summed E-state index contributed by atoms with van der Waals surface area (Å²) in [7, 11) is 0. The maximum Gasteiger partial charge on any atom is 0.239 e. The van der Waals surface area contributed by atoms with Gasteiger partial charge in [0.1, 0.15) is 0 Å². The van der Waals surface area contributed by atoms with E-state index in [1.807, 2.05) is 11.8 Å². The minimum atomic E-state index is -0.0452. The molecule has 0 aromatic carbocycles. The lowest BCUT2D eigenvalue weighted by atomic mass is 10.1. The van der Waals surface area contributed by atoms with Gasteiger partial charge in [0.05, 0.1) is 6.04 Å². The van der Waals surface area contributed by atoms with Crippen LogP contribution in [0.3, 0.4) is 0 Å². The molecule has 5 heteroatoms. The van der Waals surface area contributed by atoms with Gasteiger partial charge in [-0.2, -0.15) is 0 Å². The molecule has 98 valence electrons. The normalized spacial score (nSPS) is 24.6. The average molecular weight is 240 g/mol. The smallest absolute Gasteiger partial charge is 0.239 e. The van der Waals surface area contributed by atoms with E-state index in [4.69, 9.17) is 0 Å². The largest absolute Gasteiger partial charge is 0.339 e. The molecule has 2 fully saturated rings. The van der Waals surface area contributed by atoms with E-state index in [2.05, 4.69) is 16.0 Å². The molecule has 5 nitrogen and oxygen atoms in total. The van der Waals surface area contributed by atoms with Crippen LogP contribution in [0.15, 0.2) is 0 Å². The second-order valence-corrected chi connectivity index (χ2v) is 4.99. The average Bonchev–Trinajstić information content (AvgIpc) is 2.40. The van der Waals surface area contributed by atoms with Crippen LogP contribution in [-0.2, 0) is 4.79 Å². The van der Waals surface area contributed by atoms with E-state index in [0.717, 1.165) is 52.1 Å². The molecule has 2 rings (SSSR count). The van der Waals surface area contributed by atoms with E-state index in [9.17, 15) is 4.79 Å². The molecule has 2 aliphatic heterocycles. The zero-order valence-electron chi connectivity index (χ0n) is 10.7. The number of carbonyl (C=O) groups is 1. The first-order chi connectivity index (χ1) is 8.27. The van der Waals surface area contributed by atoms with Crippen LogP contribution in [-0.4, -0.2) is 62.2 Å². The lowest BCUT2D eigenvalue weighted by Gasteiger charge is -2.32. The van der Waals surface area contributed by atoms with Crippen LogP contribution in [0.1, 0.15) is 19.8 Å². The lowest BCUT2D eigenvalue weighted by Crippen LogP contribution is -2.54. The topological polar surface area (TPSA) is 56.4 Å². The Morgan fingerprint density at radius 3 is 2.41 bits per heavy atom. The third-order valence-electron chi connectivity index (χ3n) is 3.62. The lowest BCUT2D eigenvalue weighted by molar-refractivity contribution is -0.133. The molecule has 0 bridgehead atoms. The fourth-order valence-corrected chi connectivity index (χ4v) is 2.57. The number of nitrogens with one attached hydrogen (secondary N) is 3. The first kappa shape index (κ1) is 12.8. The van der Waals surface area contributed by atoms with Gasteiger partial charge in [0.25, 0.3) is 0 Å². The van der Waals surface area contributed by atoms with Gasteiger partial charge >= 0.3 is 0 Å². The van der Waals surface area contributed by atoms with Crippen molar-refractivity contribution in [3.05, 3.63) is 0 Å². The quantitative estimate of drug-likeness (QED) is 0.601. The number of hydrogen-bond acceptors (Lipinski definition) is 4. The number of hydrogen-bond donors (Lipinski definition) is 3. The Labute approximate surface area is 103 Å². The van der Waals surface area contributed by atoms with Gasteiger partial charge in [-0.25, -0.2) is 0 Å². The van der Waals surface area contributed by atoms with Crippen molar-refractivity contribution in [2.45, 2.75) is 31.8 Å². The Bertz CT molecular complexity index is 247. The van der Waals surface area contributed by atoms with E-state index in [1.165, 1.54) is 0 Å². The second kappa shape index (κ2) is 6.33. The summed E-state index contributed by atoms with van der Waals surface area (Å²) in [5.74, 6) is 0.255. The van der Waals surface area contributed by atoms with Gasteiger partial charge < -0.3 is 20.9 Å². The zero-order valence-corrected chi connectivity index (χ0v) is 10.7. The molecule has 3 N–H and O–H groups in total. The molecule has 0 radical (unpaired) electrons. The SMILES string of the molecule is CC(NC1CCNCC1)C(=O)N1CCNCC1. The second-order valence-electron chi connectivity index (χ2n) is 4.99. The van der Waals surface area contributed by atoms with Crippen molar-refractivity contribution < 1.29 is 4.79 Å². The fraction of sp³-hybridized carbons (Fsp3) is 0.917. The van der Waals surface area contributed by atoms with E-state index in [1.54, 1.807) is 0 Å². The molecule has 0 aliphatic carbocycles. The highest BCUT2D eigenvalue weighted by molar-refractivity contribution is 5.81. The highest BCUT2D eigenvalue weighted by Gasteiger charge is 2.24. The molecule has 1 amide bonds. The predicted octanol–water partition coefficient (Wildman–Crippen LogP) is -0.852. The molecule has 0 saturated carbocycles. The molecule has 17 heavy (non-hydrogen) atoms. The van der Waals surface area contributed by atoms with Crippen LogP contribution in [0, 0.1) is 0 Å². The minimum Gasteiger partial charge on any atom is -0.339 e. The Balaban J connectivity index is 1.77. The molecule has 0 spiro atoms. The first-order valence-corrected chi connectivity index (χ1v) is 6.73. The van der Waals surface area contributed by atoms with Crippen LogP contribution in [0.2, 0.25) is 0 Å². The highest BCUT2D eigenvalue weighted by atomic mass is 16.2. The van der Waals surface area contributed by atoms with Crippen LogP contribution >= 0.6 is 0 Å². The van der Waals surface area contributed by atoms with Gasteiger partial charge in [0, 0.05) is 32.2 Å². The summed E-state index contributed by atoms with van der Waals surface area (Å²) < 4.78 is 0. The molecular weight excluding hydrogens is 216 g/mol. The molecule has 1 atom stereocenters. The minimum absolute atomic E-state index is 0.0452. The summed E-state index contributed by atoms with van der Waals surface area (Å²) in [5.41, 5.74) is 0. The molecule has 2 heterocycles. The van der Waals surface area contributed by atoms with Crippen molar-refractivity contribution >= 4 is 5.91 Å². The standard InChI is InChI=1S/C12H24N4O/c1-10(15-11-2-4-13-5-3-11)12(17)16-8-6-14-7-9-16/h10-11,13-15H,2-9H2,1H3. The number of amides is 1. The number of rotatable bonds is 3. The molecule has 2 saturated heterocycles. The fourth-order valence-electron chi connectivity index (χ4n) is 2.57. The van der Waals surface area contributed by atoms with Crippen molar-refractivity contribution in [3.63, 3.8) is 0 Å². The maximum absolute atomic E-state index is 12.2. The monoisotopic (exact) mass is 240 g/mol. The molecular formula is C12H24N4O. The Morgan fingerprint density at radius 1 is 1.18 bits per heavy atom. The third kappa shape index (κ3) is 3.66. The van der Waals surface area contributed by atoms with Crippen LogP contribution < -0.4 is 16.0 Å². The summed E-state index contributed by atoms with van der Waals surface area (Å²) in [6.07, 6.45) is 2.25. The van der Waals surface area contributed by atoms with Gasteiger partial charge in [-0.05, 0) is 32.9 Å². The summed E-state index contributed by atoms with van der Waals surface area (Å²) >= 11 is 0. The van der Waals surface area contributed by atoms with E-state index in [0.29, 0.717) is 6.04 Å². The Kier molecular flexibility index (Phi) is 4.76. The summed E-state index contributed by atoms with van der Waals surface area (Å²) in [5, 5.41) is 10.1. The number of piperidine rings is 1. The number of nitrogens with zero attached hydrogens (tertiary/aromatic N) is 1. The van der Waals surface area contributed by atoms with Crippen molar-refractivity contribution in [1.29, 1.82) is 0 Å². The van der Waals surface area contributed by atoms with Gasteiger partial charge in [-0.15, -0.1) is 0 Å². The van der Waals surface area contributed by atoms with Gasteiger partial charge in [-0.3, -0.25) is 4.79 Å². The Morgan fingerprint density at radius 2 is 1.76 bits per heavy atom. The predicted molar refractivity (Wildman–Crippen MR) is 67.9 cm³/mol. The zero-order chi connectivity index (χ0) is 12.1. The maximum atomic E-state index is 12.2. The van der Waals surface area contributed by atoms with Crippen LogP contribution in [0.25, 0.3) is 0 Å². The number of carbonyl (C=O) groups excluding carboxylic acids is 1. The third-order valence-corrected chi connectivity index (χ3v) is 3.62. The summed E-state index contributed by atoms with van der Waals surface area (Å²) in [6.45, 7) is 7.65. The van der Waals surface area contributed by atoms with Crippen molar-refractivity contribution in [2.75, 3.05) is 39.3 Å². The van der Waals surface area contributed by atoms with Crippen molar-refractivity contribution in [1.82, 2.24) is 20.9 Å². The summed E-state index contributed by atoms with van der Waals surface area (Å²) in [4.78, 5) is 14.2.